The van der Waals surface area contributed by atoms with Gasteiger partial charge in [-0.2, -0.15) is 0 Å². The van der Waals surface area contributed by atoms with Crippen molar-refractivity contribution in [3.63, 3.8) is 0 Å². The Labute approximate surface area is 192 Å². The standard InChI is InChI=1S/C25H23NO6S/c1-31-21-12-9-17(14-22(21)32-2)13-16-7-10-18(11-8-16)26-25(28)20-15-33(29,30)23-6-4-3-5-19(23)24(20)27/h3-12,14,20H,13,15H2,1-2H3,(H,26,28). The van der Waals surface area contributed by atoms with Gasteiger partial charge in [0.2, 0.25) is 5.91 Å². The summed E-state index contributed by atoms with van der Waals surface area (Å²) >= 11 is 0. The zero-order valence-corrected chi connectivity index (χ0v) is 19.0. The summed E-state index contributed by atoms with van der Waals surface area (Å²) in [7, 11) is -0.548. The summed E-state index contributed by atoms with van der Waals surface area (Å²) in [6, 6.07) is 18.9. The summed E-state index contributed by atoms with van der Waals surface area (Å²) in [5.41, 5.74) is 2.58. The van der Waals surface area contributed by atoms with Crippen molar-refractivity contribution in [2.24, 2.45) is 5.92 Å². The van der Waals surface area contributed by atoms with Gasteiger partial charge in [0.25, 0.3) is 0 Å². The van der Waals surface area contributed by atoms with Gasteiger partial charge in [-0.15, -0.1) is 0 Å². The number of carbonyl (C=O) groups excluding carboxylic acids is 2. The molecule has 0 radical (unpaired) electrons. The third kappa shape index (κ3) is 4.61. The molecule has 3 aromatic rings. The van der Waals surface area contributed by atoms with E-state index in [9.17, 15) is 18.0 Å². The zero-order valence-electron chi connectivity index (χ0n) is 18.2. The summed E-state index contributed by atoms with van der Waals surface area (Å²) in [6.45, 7) is 0. The topological polar surface area (TPSA) is 98.8 Å². The number of sulfone groups is 1. The van der Waals surface area contributed by atoms with E-state index in [2.05, 4.69) is 5.32 Å². The van der Waals surface area contributed by atoms with E-state index in [0.717, 1.165) is 11.1 Å². The predicted octanol–water partition coefficient (Wildman–Crippen LogP) is 3.52. The molecular formula is C25H23NO6S. The largest absolute Gasteiger partial charge is 0.493 e. The van der Waals surface area contributed by atoms with Crippen molar-refractivity contribution in [2.45, 2.75) is 11.3 Å². The van der Waals surface area contributed by atoms with E-state index in [1.165, 1.54) is 12.1 Å². The van der Waals surface area contributed by atoms with Crippen LogP contribution in [0.15, 0.2) is 71.6 Å². The summed E-state index contributed by atoms with van der Waals surface area (Å²) in [6.07, 6.45) is 0.644. The van der Waals surface area contributed by atoms with Gasteiger partial charge in [-0.3, -0.25) is 9.59 Å². The summed E-state index contributed by atoms with van der Waals surface area (Å²) in [5, 5.41) is 2.67. The van der Waals surface area contributed by atoms with E-state index in [0.29, 0.717) is 23.6 Å². The van der Waals surface area contributed by atoms with Gasteiger partial charge in [-0.25, -0.2) is 8.42 Å². The molecule has 0 aromatic heterocycles. The number of benzene rings is 3. The molecule has 1 atom stereocenters. The van der Waals surface area contributed by atoms with Crippen molar-refractivity contribution >= 4 is 27.2 Å². The molecule has 1 heterocycles. The second-order valence-electron chi connectivity index (χ2n) is 7.75. The van der Waals surface area contributed by atoms with Gasteiger partial charge >= 0.3 is 0 Å². The third-order valence-corrected chi connectivity index (χ3v) is 7.38. The quantitative estimate of drug-likeness (QED) is 0.560. The first kappa shape index (κ1) is 22.5. The second-order valence-corrected chi connectivity index (χ2v) is 9.75. The minimum atomic E-state index is -3.71. The van der Waals surface area contributed by atoms with Gasteiger partial charge in [0.05, 0.1) is 24.9 Å². The van der Waals surface area contributed by atoms with Gasteiger partial charge in [0, 0.05) is 11.3 Å². The Morgan fingerprint density at radius 3 is 2.30 bits per heavy atom. The van der Waals surface area contributed by atoms with Crippen LogP contribution in [0.25, 0.3) is 0 Å². The number of fused-ring (bicyclic) bond motifs is 1. The zero-order chi connectivity index (χ0) is 23.6. The van der Waals surface area contributed by atoms with Crippen LogP contribution < -0.4 is 14.8 Å². The lowest BCUT2D eigenvalue weighted by molar-refractivity contribution is -0.118. The fourth-order valence-corrected chi connectivity index (χ4v) is 5.58. The Morgan fingerprint density at radius 2 is 1.61 bits per heavy atom. The van der Waals surface area contributed by atoms with E-state index in [1.807, 2.05) is 30.3 Å². The first-order chi connectivity index (χ1) is 15.8. The number of methoxy groups -OCH3 is 2. The van der Waals surface area contributed by atoms with Crippen LogP contribution in [0, 0.1) is 5.92 Å². The van der Waals surface area contributed by atoms with Gasteiger partial charge in [0.15, 0.2) is 27.1 Å². The van der Waals surface area contributed by atoms with E-state index >= 15 is 0 Å². The van der Waals surface area contributed by atoms with E-state index < -0.39 is 33.2 Å². The number of hydrogen-bond donors (Lipinski definition) is 1. The average Bonchev–Trinajstić information content (AvgIpc) is 2.82. The predicted molar refractivity (Wildman–Crippen MR) is 124 cm³/mol. The number of carbonyl (C=O) groups is 2. The molecule has 0 saturated heterocycles. The number of amides is 1. The lowest BCUT2D eigenvalue weighted by atomic mass is 9.97. The van der Waals surface area contributed by atoms with Gasteiger partial charge in [-0.1, -0.05) is 36.4 Å². The van der Waals surface area contributed by atoms with Crippen LogP contribution in [0.2, 0.25) is 0 Å². The highest BCUT2D eigenvalue weighted by molar-refractivity contribution is 7.91. The van der Waals surface area contributed by atoms with Crippen molar-refractivity contribution < 1.29 is 27.5 Å². The highest BCUT2D eigenvalue weighted by atomic mass is 32.2. The van der Waals surface area contributed by atoms with Crippen molar-refractivity contribution in [3.05, 3.63) is 83.4 Å². The molecule has 33 heavy (non-hydrogen) atoms. The third-order valence-electron chi connectivity index (χ3n) is 5.58. The molecule has 0 spiro atoms. The number of nitrogens with one attached hydrogen (secondary N) is 1. The molecule has 7 nitrogen and oxygen atoms in total. The van der Waals surface area contributed by atoms with E-state index in [4.69, 9.17) is 9.47 Å². The van der Waals surface area contributed by atoms with Gasteiger partial charge in [-0.05, 0) is 47.9 Å². The maximum Gasteiger partial charge on any atom is 0.236 e. The first-order valence-electron chi connectivity index (χ1n) is 10.3. The number of ether oxygens (including phenoxy) is 2. The minimum Gasteiger partial charge on any atom is -0.493 e. The van der Waals surface area contributed by atoms with Crippen molar-refractivity contribution in [2.75, 3.05) is 25.3 Å². The molecular weight excluding hydrogens is 442 g/mol. The van der Waals surface area contributed by atoms with Gasteiger partial charge in [0.1, 0.15) is 5.92 Å². The van der Waals surface area contributed by atoms with Crippen LogP contribution >= 0.6 is 0 Å². The van der Waals surface area contributed by atoms with Crippen LogP contribution in [0.4, 0.5) is 5.69 Å². The molecule has 1 aliphatic heterocycles. The summed E-state index contributed by atoms with van der Waals surface area (Å²) < 4.78 is 35.7. The number of hydrogen-bond acceptors (Lipinski definition) is 6. The Balaban J connectivity index is 1.46. The Morgan fingerprint density at radius 1 is 0.939 bits per heavy atom. The molecule has 0 fully saturated rings. The number of ketones is 1. The normalized spacial score (nSPS) is 16.5. The molecule has 3 aromatic carbocycles. The molecule has 0 bridgehead atoms. The Hall–Kier alpha value is -3.65. The monoisotopic (exact) mass is 465 g/mol. The van der Waals surface area contributed by atoms with Crippen molar-refractivity contribution in [1.82, 2.24) is 0 Å². The first-order valence-corrected chi connectivity index (χ1v) is 11.9. The van der Waals surface area contributed by atoms with E-state index in [-0.39, 0.29) is 10.5 Å². The maximum atomic E-state index is 12.8. The number of Topliss-reactive ketones (excluding diaryl/α,β-unsaturated/α-hetero) is 1. The number of anilines is 1. The average molecular weight is 466 g/mol. The molecule has 1 aliphatic rings. The second kappa shape index (κ2) is 9.07. The Bertz CT molecular complexity index is 1310. The van der Waals surface area contributed by atoms with Crippen molar-refractivity contribution in [1.29, 1.82) is 0 Å². The molecule has 4 rings (SSSR count). The molecule has 1 unspecified atom stereocenters. The fourth-order valence-electron chi connectivity index (χ4n) is 3.87. The van der Waals surface area contributed by atoms with Crippen LogP contribution in [0.1, 0.15) is 21.5 Å². The molecule has 1 amide bonds. The minimum absolute atomic E-state index is 0.0152. The molecule has 8 heteroatoms. The van der Waals surface area contributed by atoms with Crippen LogP contribution in [-0.2, 0) is 21.1 Å². The molecule has 0 aliphatic carbocycles. The lowest BCUT2D eigenvalue weighted by Crippen LogP contribution is -2.39. The molecule has 0 saturated carbocycles. The van der Waals surface area contributed by atoms with Crippen molar-refractivity contribution in [3.8, 4) is 11.5 Å². The Kier molecular flexibility index (Phi) is 6.20. The van der Waals surface area contributed by atoms with Crippen LogP contribution in [-0.4, -0.2) is 40.1 Å². The molecule has 170 valence electrons. The van der Waals surface area contributed by atoms with Gasteiger partial charge < -0.3 is 14.8 Å². The fraction of sp³-hybridized carbons (Fsp3) is 0.200. The SMILES string of the molecule is COc1ccc(Cc2ccc(NC(=O)C3CS(=O)(=O)c4ccccc4C3=O)cc2)cc1OC. The van der Waals surface area contributed by atoms with Crippen LogP contribution in [0.3, 0.4) is 0 Å². The lowest BCUT2D eigenvalue weighted by Gasteiger charge is -2.22. The summed E-state index contributed by atoms with van der Waals surface area (Å²) in [5.74, 6) is -1.63. The van der Waals surface area contributed by atoms with Crippen LogP contribution in [0.5, 0.6) is 11.5 Å². The smallest absolute Gasteiger partial charge is 0.236 e. The number of rotatable bonds is 6. The van der Waals surface area contributed by atoms with E-state index in [1.54, 1.807) is 38.5 Å². The summed E-state index contributed by atoms with van der Waals surface area (Å²) in [4.78, 5) is 25.5. The maximum absolute atomic E-state index is 12.8. The molecule has 1 N–H and O–H groups in total. The highest BCUT2D eigenvalue weighted by Crippen LogP contribution is 2.30. The highest BCUT2D eigenvalue weighted by Gasteiger charge is 2.40.